The minimum Gasteiger partial charge on any atom is -0.396 e. The number of rotatable bonds is 6. The second kappa shape index (κ2) is 6.63. The molecule has 1 aromatic heterocycles. The van der Waals surface area contributed by atoms with Crippen LogP contribution in [0.25, 0.3) is 10.8 Å². The molecular formula is C17H19ClN2O2. The molecule has 0 spiro atoms. The Morgan fingerprint density at radius 3 is 2.82 bits per heavy atom. The zero-order valence-corrected chi connectivity index (χ0v) is 13.1. The summed E-state index contributed by atoms with van der Waals surface area (Å²) in [6, 6.07) is 9.80. The predicted octanol–water partition coefficient (Wildman–Crippen LogP) is 3.27. The summed E-state index contributed by atoms with van der Waals surface area (Å²) in [6.07, 6.45) is 3.61. The van der Waals surface area contributed by atoms with E-state index in [0.717, 1.165) is 30.0 Å². The van der Waals surface area contributed by atoms with Crippen LogP contribution in [0.2, 0.25) is 5.15 Å². The summed E-state index contributed by atoms with van der Waals surface area (Å²) in [4.78, 5) is 18.9. The number of benzene rings is 1. The molecule has 0 aliphatic heterocycles. The number of aliphatic hydroxyl groups is 1. The quantitative estimate of drug-likeness (QED) is 0.657. The second-order valence-electron chi connectivity index (χ2n) is 5.68. The maximum absolute atomic E-state index is 12.8. The van der Waals surface area contributed by atoms with Crippen LogP contribution in [0.4, 0.5) is 0 Å². The fourth-order valence-electron chi connectivity index (χ4n) is 2.64. The van der Waals surface area contributed by atoms with Gasteiger partial charge in [-0.3, -0.25) is 4.79 Å². The SMILES string of the molecule is O=C(c1cc2ccccc2c(Cl)n1)N(CCCCO)C1CC1. The molecule has 4 nitrogen and oxygen atoms in total. The topological polar surface area (TPSA) is 53.4 Å². The van der Waals surface area contributed by atoms with Crippen LogP contribution < -0.4 is 0 Å². The van der Waals surface area contributed by atoms with E-state index in [9.17, 15) is 4.79 Å². The van der Waals surface area contributed by atoms with Crippen LogP contribution in [0.15, 0.2) is 30.3 Å². The number of halogens is 1. The zero-order valence-electron chi connectivity index (χ0n) is 12.3. The molecule has 0 atom stereocenters. The van der Waals surface area contributed by atoms with Gasteiger partial charge >= 0.3 is 0 Å². The van der Waals surface area contributed by atoms with E-state index < -0.39 is 0 Å². The molecule has 1 amide bonds. The smallest absolute Gasteiger partial charge is 0.272 e. The van der Waals surface area contributed by atoms with Gasteiger partial charge in [0.25, 0.3) is 5.91 Å². The highest BCUT2D eigenvalue weighted by Crippen LogP contribution is 2.29. The van der Waals surface area contributed by atoms with Crippen molar-refractivity contribution >= 4 is 28.3 Å². The Balaban J connectivity index is 1.86. The molecule has 0 saturated heterocycles. The molecule has 1 saturated carbocycles. The maximum Gasteiger partial charge on any atom is 0.272 e. The van der Waals surface area contributed by atoms with Crippen molar-refractivity contribution in [1.82, 2.24) is 9.88 Å². The molecule has 0 bridgehead atoms. The lowest BCUT2D eigenvalue weighted by Crippen LogP contribution is -2.34. The minimum absolute atomic E-state index is 0.0620. The van der Waals surface area contributed by atoms with E-state index in [2.05, 4.69) is 4.98 Å². The Labute approximate surface area is 134 Å². The van der Waals surface area contributed by atoms with Gasteiger partial charge in [-0.1, -0.05) is 35.9 Å². The first kappa shape index (κ1) is 15.3. The third-order valence-electron chi connectivity index (χ3n) is 3.97. The summed E-state index contributed by atoms with van der Waals surface area (Å²) in [5, 5.41) is 11.1. The molecule has 1 heterocycles. The second-order valence-corrected chi connectivity index (χ2v) is 6.04. The maximum atomic E-state index is 12.8. The highest BCUT2D eigenvalue weighted by atomic mass is 35.5. The molecule has 0 unspecified atom stereocenters. The summed E-state index contributed by atoms with van der Waals surface area (Å²) in [5.41, 5.74) is 0.402. The molecule has 1 aliphatic rings. The summed E-state index contributed by atoms with van der Waals surface area (Å²) >= 11 is 6.22. The monoisotopic (exact) mass is 318 g/mol. The van der Waals surface area contributed by atoms with E-state index in [0.29, 0.717) is 29.9 Å². The van der Waals surface area contributed by atoms with E-state index in [1.165, 1.54) is 0 Å². The lowest BCUT2D eigenvalue weighted by atomic mass is 10.1. The average molecular weight is 319 g/mol. The number of amides is 1. The van der Waals surface area contributed by atoms with Crippen LogP contribution in [0.5, 0.6) is 0 Å². The first-order valence-corrected chi connectivity index (χ1v) is 8.05. The Bertz CT molecular complexity index is 685. The zero-order chi connectivity index (χ0) is 15.5. The van der Waals surface area contributed by atoms with Crippen LogP contribution in [0.3, 0.4) is 0 Å². The summed E-state index contributed by atoms with van der Waals surface area (Å²) in [6.45, 7) is 0.822. The largest absolute Gasteiger partial charge is 0.396 e. The third kappa shape index (κ3) is 3.23. The molecule has 1 fully saturated rings. The summed E-state index contributed by atoms with van der Waals surface area (Å²) in [7, 11) is 0. The van der Waals surface area contributed by atoms with Gasteiger partial charge in [-0.15, -0.1) is 0 Å². The lowest BCUT2D eigenvalue weighted by molar-refractivity contribution is 0.0731. The number of hydrogen-bond donors (Lipinski definition) is 1. The fourth-order valence-corrected chi connectivity index (χ4v) is 2.91. The van der Waals surface area contributed by atoms with Gasteiger partial charge in [0, 0.05) is 24.6 Å². The Morgan fingerprint density at radius 1 is 1.32 bits per heavy atom. The Morgan fingerprint density at radius 2 is 2.09 bits per heavy atom. The Hall–Kier alpha value is -1.65. The number of aromatic nitrogens is 1. The van der Waals surface area contributed by atoms with Crippen LogP contribution >= 0.6 is 11.6 Å². The van der Waals surface area contributed by atoms with E-state index in [4.69, 9.17) is 16.7 Å². The number of carbonyl (C=O) groups excluding carboxylic acids is 1. The van der Waals surface area contributed by atoms with Crippen molar-refractivity contribution in [2.24, 2.45) is 0 Å². The third-order valence-corrected chi connectivity index (χ3v) is 4.26. The van der Waals surface area contributed by atoms with Gasteiger partial charge in [0.05, 0.1) is 0 Å². The molecule has 1 N–H and O–H groups in total. The van der Waals surface area contributed by atoms with E-state index in [-0.39, 0.29) is 12.5 Å². The highest BCUT2D eigenvalue weighted by molar-refractivity contribution is 6.34. The van der Waals surface area contributed by atoms with Gasteiger partial charge in [0.2, 0.25) is 0 Å². The molecule has 116 valence electrons. The van der Waals surface area contributed by atoms with Gasteiger partial charge in [-0.2, -0.15) is 0 Å². The number of pyridine rings is 1. The molecule has 1 aromatic carbocycles. The van der Waals surface area contributed by atoms with Crippen LogP contribution in [0, 0.1) is 0 Å². The average Bonchev–Trinajstić information content (AvgIpc) is 3.36. The van der Waals surface area contributed by atoms with Crippen LogP contribution in [-0.4, -0.2) is 40.1 Å². The van der Waals surface area contributed by atoms with Crippen molar-refractivity contribution in [2.75, 3.05) is 13.2 Å². The van der Waals surface area contributed by atoms with E-state index >= 15 is 0 Å². The van der Waals surface area contributed by atoms with Gasteiger partial charge in [0.1, 0.15) is 10.8 Å². The van der Waals surface area contributed by atoms with Gasteiger partial charge in [-0.05, 0) is 37.1 Å². The van der Waals surface area contributed by atoms with Crippen molar-refractivity contribution in [1.29, 1.82) is 0 Å². The summed E-state index contributed by atoms with van der Waals surface area (Å²) in [5.74, 6) is -0.0620. The number of carbonyl (C=O) groups is 1. The standard InChI is InChI=1S/C17H19ClN2O2/c18-16-14-6-2-1-5-12(14)11-15(19-16)17(22)20(13-7-8-13)9-3-4-10-21/h1-2,5-6,11,13,21H,3-4,7-10H2. The number of fused-ring (bicyclic) bond motifs is 1. The molecular weight excluding hydrogens is 300 g/mol. The molecule has 0 radical (unpaired) electrons. The van der Waals surface area contributed by atoms with Crippen molar-refractivity contribution in [3.05, 3.63) is 41.2 Å². The molecule has 3 rings (SSSR count). The van der Waals surface area contributed by atoms with E-state index in [1.54, 1.807) is 0 Å². The van der Waals surface area contributed by atoms with Gasteiger partial charge in [0.15, 0.2) is 0 Å². The van der Waals surface area contributed by atoms with Gasteiger partial charge < -0.3 is 10.0 Å². The van der Waals surface area contributed by atoms with E-state index in [1.807, 2.05) is 35.2 Å². The van der Waals surface area contributed by atoms with Crippen molar-refractivity contribution in [2.45, 2.75) is 31.7 Å². The number of unbranched alkanes of at least 4 members (excludes halogenated alkanes) is 1. The van der Waals surface area contributed by atoms with Crippen molar-refractivity contribution in [3.8, 4) is 0 Å². The fraction of sp³-hybridized carbons (Fsp3) is 0.412. The first-order chi connectivity index (χ1) is 10.7. The summed E-state index contributed by atoms with van der Waals surface area (Å²) < 4.78 is 0. The molecule has 5 heteroatoms. The highest BCUT2D eigenvalue weighted by Gasteiger charge is 2.33. The normalized spacial score (nSPS) is 14.3. The van der Waals surface area contributed by atoms with Gasteiger partial charge in [-0.25, -0.2) is 4.98 Å². The van der Waals surface area contributed by atoms with Crippen molar-refractivity contribution in [3.63, 3.8) is 0 Å². The number of aliphatic hydroxyl groups excluding tert-OH is 1. The van der Waals surface area contributed by atoms with Crippen LogP contribution in [0.1, 0.15) is 36.2 Å². The van der Waals surface area contributed by atoms with Crippen LogP contribution in [-0.2, 0) is 0 Å². The lowest BCUT2D eigenvalue weighted by Gasteiger charge is -2.22. The minimum atomic E-state index is -0.0620. The number of hydrogen-bond acceptors (Lipinski definition) is 3. The first-order valence-electron chi connectivity index (χ1n) is 7.68. The van der Waals surface area contributed by atoms with Crippen molar-refractivity contribution < 1.29 is 9.90 Å². The molecule has 22 heavy (non-hydrogen) atoms. The Kier molecular flexibility index (Phi) is 4.60. The molecule has 1 aliphatic carbocycles. The molecule has 2 aromatic rings. The number of nitrogens with zero attached hydrogens (tertiary/aromatic N) is 2. The predicted molar refractivity (Wildman–Crippen MR) is 87.1 cm³/mol.